The number of hydrogen-bond acceptors (Lipinski definition) is 3. The van der Waals surface area contributed by atoms with Crippen molar-refractivity contribution in [3.8, 4) is 0 Å². The summed E-state index contributed by atoms with van der Waals surface area (Å²) in [5.41, 5.74) is 5.30. The van der Waals surface area contributed by atoms with Gasteiger partial charge in [-0.15, -0.1) is 0 Å². The number of hydrogen-bond donors (Lipinski definition) is 2. The molecule has 0 aromatic rings. The fourth-order valence-corrected chi connectivity index (χ4v) is 1.28. The van der Waals surface area contributed by atoms with Gasteiger partial charge in [0, 0.05) is 26.1 Å². The highest BCUT2D eigenvalue weighted by atomic mass is 15.2. The van der Waals surface area contributed by atoms with Gasteiger partial charge >= 0.3 is 0 Å². The van der Waals surface area contributed by atoms with Crippen LogP contribution in [0.5, 0.6) is 0 Å². The molecule has 3 N–H and O–H groups in total. The number of nitrogens with zero attached hydrogens (tertiary/aromatic N) is 2. The van der Waals surface area contributed by atoms with Crippen LogP contribution >= 0.6 is 0 Å². The maximum Gasteiger partial charge on any atom is 0.0918 e. The lowest BCUT2D eigenvalue weighted by molar-refractivity contribution is 0.243. The molecule has 0 heterocycles. The molecule has 0 atom stereocenters. The van der Waals surface area contributed by atoms with Gasteiger partial charge in [0.15, 0.2) is 0 Å². The molecule has 0 unspecified atom stereocenters. The highest BCUT2D eigenvalue weighted by molar-refractivity contribution is 5.76. The summed E-state index contributed by atoms with van der Waals surface area (Å²) >= 11 is 0. The molecule has 0 aromatic carbocycles. The number of nitrogens with two attached hydrogens (primary N) is 1. The van der Waals surface area contributed by atoms with E-state index in [0.29, 0.717) is 6.42 Å². The molecule has 0 aromatic heterocycles. The second-order valence-corrected chi connectivity index (χ2v) is 3.61. The van der Waals surface area contributed by atoms with E-state index in [1.165, 1.54) is 0 Å². The van der Waals surface area contributed by atoms with Gasteiger partial charge in [0.1, 0.15) is 0 Å². The molecule has 0 fully saturated rings. The minimum absolute atomic E-state index is 0.277. The first-order valence-corrected chi connectivity index (χ1v) is 5.33. The molecule has 0 saturated carbocycles. The summed E-state index contributed by atoms with van der Waals surface area (Å²) in [5.74, 6) is 0.277. The van der Waals surface area contributed by atoms with Crippen LogP contribution in [0.2, 0.25) is 0 Å². The maximum absolute atomic E-state index is 7.12. The van der Waals surface area contributed by atoms with Crippen LogP contribution in [0.4, 0.5) is 0 Å². The molecule has 0 bridgehead atoms. The third-order valence-electron chi connectivity index (χ3n) is 2.46. The van der Waals surface area contributed by atoms with E-state index in [4.69, 9.17) is 11.1 Å². The number of rotatable bonds is 8. The van der Waals surface area contributed by atoms with Gasteiger partial charge in [-0.25, -0.2) is 0 Å². The van der Waals surface area contributed by atoms with Crippen LogP contribution in [0.3, 0.4) is 0 Å². The van der Waals surface area contributed by atoms with Crippen LogP contribution in [0.25, 0.3) is 0 Å². The van der Waals surface area contributed by atoms with Crippen LogP contribution < -0.4 is 5.73 Å². The van der Waals surface area contributed by atoms with E-state index in [9.17, 15) is 0 Å². The van der Waals surface area contributed by atoms with E-state index in [-0.39, 0.29) is 5.84 Å². The van der Waals surface area contributed by atoms with E-state index in [1.807, 2.05) is 0 Å². The molecule has 0 amide bonds. The predicted molar refractivity (Wildman–Crippen MR) is 61.8 cm³/mol. The zero-order chi connectivity index (χ0) is 11.0. The summed E-state index contributed by atoms with van der Waals surface area (Å²) in [6.07, 6.45) is 0.675. The summed E-state index contributed by atoms with van der Waals surface area (Å²) in [6.45, 7) is 9.61. The van der Waals surface area contributed by atoms with Gasteiger partial charge in [0.05, 0.1) is 5.84 Å². The van der Waals surface area contributed by atoms with Gasteiger partial charge in [-0.3, -0.25) is 5.41 Å². The second kappa shape index (κ2) is 7.76. The van der Waals surface area contributed by atoms with E-state index in [0.717, 1.165) is 32.7 Å². The lowest BCUT2D eigenvalue weighted by atomic mass is 10.3. The van der Waals surface area contributed by atoms with E-state index in [2.05, 4.69) is 30.7 Å². The molecule has 14 heavy (non-hydrogen) atoms. The van der Waals surface area contributed by atoms with Crippen LogP contribution in [0, 0.1) is 5.41 Å². The fourth-order valence-electron chi connectivity index (χ4n) is 1.28. The Hall–Kier alpha value is -0.610. The average molecular weight is 200 g/mol. The number of amidine groups is 1. The third kappa shape index (κ3) is 6.86. The Labute approximate surface area is 87.6 Å². The van der Waals surface area contributed by atoms with E-state index < -0.39 is 0 Å². The van der Waals surface area contributed by atoms with Crippen LogP contribution in [0.1, 0.15) is 20.3 Å². The van der Waals surface area contributed by atoms with Crippen LogP contribution in [-0.2, 0) is 0 Å². The molecule has 0 saturated heterocycles. The molecular weight excluding hydrogens is 176 g/mol. The largest absolute Gasteiger partial charge is 0.388 e. The van der Waals surface area contributed by atoms with Gasteiger partial charge in [-0.05, 0) is 20.1 Å². The van der Waals surface area contributed by atoms with Crippen molar-refractivity contribution in [1.29, 1.82) is 5.41 Å². The second-order valence-electron chi connectivity index (χ2n) is 3.61. The lowest BCUT2D eigenvalue weighted by Crippen LogP contribution is -2.34. The van der Waals surface area contributed by atoms with Gasteiger partial charge < -0.3 is 15.5 Å². The molecule has 4 nitrogen and oxygen atoms in total. The SMILES string of the molecule is CCN(CC)CCN(C)CCC(=N)N. The zero-order valence-corrected chi connectivity index (χ0v) is 9.71. The Morgan fingerprint density at radius 1 is 1.14 bits per heavy atom. The molecule has 0 spiro atoms. The smallest absolute Gasteiger partial charge is 0.0918 e. The quantitative estimate of drug-likeness (QED) is 0.445. The van der Waals surface area contributed by atoms with Crippen molar-refractivity contribution in [2.75, 3.05) is 39.8 Å². The molecule has 84 valence electrons. The van der Waals surface area contributed by atoms with E-state index in [1.54, 1.807) is 0 Å². The summed E-state index contributed by atoms with van der Waals surface area (Å²) in [7, 11) is 2.08. The molecule has 0 radical (unpaired) electrons. The number of nitrogens with one attached hydrogen (secondary N) is 1. The van der Waals surface area contributed by atoms with Crippen molar-refractivity contribution in [2.24, 2.45) is 5.73 Å². The molecular formula is C10H24N4. The van der Waals surface area contributed by atoms with Crippen LogP contribution in [-0.4, -0.2) is 55.4 Å². The van der Waals surface area contributed by atoms with Crippen molar-refractivity contribution >= 4 is 5.84 Å². The van der Waals surface area contributed by atoms with E-state index >= 15 is 0 Å². The van der Waals surface area contributed by atoms with Crippen molar-refractivity contribution in [3.63, 3.8) is 0 Å². The van der Waals surface area contributed by atoms with Crippen LogP contribution in [0.15, 0.2) is 0 Å². The molecule has 0 aliphatic rings. The maximum atomic E-state index is 7.12. The van der Waals surface area contributed by atoms with Crippen molar-refractivity contribution < 1.29 is 0 Å². The van der Waals surface area contributed by atoms with Crippen molar-refractivity contribution in [1.82, 2.24) is 9.80 Å². The fraction of sp³-hybridized carbons (Fsp3) is 0.900. The first-order valence-electron chi connectivity index (χ1n) is 5.33. The standard InChI is InChI=1S/C10H24N4/c1-4-14(5-2)9-8-13(3)7-6-10(11)12/h4-9H2,1-3H3,(H3,11,12). The Bertz CT molecular complexity index is 154. The Morgan fingerprint density at radius 2 is 1.71 bits per heavy atom. The van der Waals surface area contributed by atoms with Gasteiger partial charge in [-0.1, -0.05) is 13.8 Å². The van der Waals surface area contributed by atoms with Gasteiger partial charge in [-0.2, -0.15) is 0 Å². The van der Waals surface area contributed by atoms with Gasteiger partial charge in [0.2, 0.25) is 0 Å². The minimum atomic E-state index is 0.277. The number of likely N-dealkylation sites (N-methyl/N-ethyl adjacent to an activating group) is 2. The highest BCUT2D eigenvalue weighted by Gasteiger charge is 2.02. The predicted octanol–water partition coefficient (Wildman–Crippen LogP) is 0.586. The summed E-state index contributed by atoms with van der Waals surface area (Å²) in [5, 5.41) is 7.12. The molecule has 0 aliphatic heterocycles. The summed E-state index contributed by atoms with van der Waals surface area (Å²) in [6, 6.07) is 0. The zero-order valence-electron chi connectivity index (χ0n) is 9.71. The first kappa shape index (κ1) is 13.4. The third-order valence-corrected chi connectivity index (χ3v) is 2.46. The molecule has 0 rings (SSSR count). The van der Waals surface area contributed by atoms with Crippen molar-refractivity contribution in [2.45, 2.75) is 20.3 Å². The molecule has 0 aliphatic carbocycles. The van der Waals surface area contributed by atoms with Gasteiger partial charge in [0.25, 0.3) is 0 Å². The Kier molecular flexibility index (Phi) is 7.42. The highest BCUT2D eigenvalue weighted by Crippen LogP contribution is 1.91. The average Bonchev–Trinajstić information content (AvgIpc) is 2.16. The van der Waals surface area contributed by atoms with Crippen molar-refractivity contribution in [3.05, 3.63) is 0 Å². The topological polar surface area (TPSA) is 56.4 Å². The first-order chi connectivity index (χ1) is 6.60. The normalized spacial score (nSPS) is 11.2. The Balaban J connectivity index is 3.51. The summed E-state index contributed by atoms with van der Waals surface area (Å²) in [4.78, 5) is 4.62. The lowest BCUT2D eigenvalue weighted by Gasteiger charge is -2.22. The summed E-state index contributed by atoms with van der Waals surface area (Å²) < 4.78 is 0. The minimum Gasteiger partial charge on any atom is -0.388 e. The molecule has 4 heteroatoms. The Morgan fingerprint density at radius 3 is 2.14 bits per heavy atom. The monoisotopic (exact) mass is 200 g/mol.